The van der Waals surface area contributed by atoms with Gasteiger partial charge in [0.1, 0.15) is 17.7 Å². The minimum absolute atomic E-state index is 0.0282. The number of likely N-dealkylation sites (N-methyl/N-ethyl adjacent to an activating group) is 1. The Morgan fingerprint density at radius 1 is 1.11 bits per heavy atom. The van der Waals surface area contributed by atoms with Crippen LogP contribution >= 0.6 is 11.3 Å². The number of anilines is 1. The molecule has 0 bridgehead atoms. The molecule has 0 saturated carbocycles. The Morgan fingerprint density at radius 2 is 1.81 bits per heavy atom. The summed E-state index contributed by atoms with van der Waals surface area (Å²) in [6, 6.07) is 3.71. The van der Waals surface area contributed by atoms with Crippen molar-refractivity contribution in [2.45, 2.75) is 19.1 Å². The summed E-state index contributed by atoms with van der Waals surface area (Å²) >= 11 is 1.69. The number of thiophene rings is 1. The number of methoxy groups -OCH3 is 3. The van der Waals surface area contributed by atoms with Gasteiger partial charge in [0.2, 0.25) is 5.75 Å². The number of quaternary nitrogens is 1. The Kier molecular flexibility index (Phi) is 4.61. The van der Waals surface area contributed by atoms with Crippen molar-refractivity contribution in [2.24, 2.45) is 0 Å². The molecule has 1 unspecified atom stereocenters. The van der Waals surface area contributed by atoms with Crippen LogP contribution in [-0.2, 0) is 13.0 Å². The molecule has 3 heterocycles. The second-order valence-corrected chi connectivity index (χ2v) is 7.96. The molecule has 1 aromatic heterocycles. The predicted molar refractivity (Wildman–Crippen MR) is 103 cm³/mol. The third-order valence-electron chi connectivity index (χ3n) is 5.15. The lowest BCUT2D eigenvalue weighted by molar-refractivity contribution is -0.895. The molecule has 7 nitrogen and oxygen atoms in total. The van der Waals surface area contributed by atoms with Crippen molar-refractivity contribution in [1.29, 1.82) is 0 Å². The molecule has 0 spiro atoms. The number of amides is 1. The summed E-state index contributed by atoms with van der Waals surface area (Å²) in [5, 5.41) is 7.50. The van der Waals surface area contributed by atoms with Crippen LogP contribution in [0.3, 0.4) is 0 Å². The van der Waals surface area contributed by atoms with Crippen LogP contribution in [0.2, 0.25) is 0 Å². The molecule has 2 aromatic rings. The van der Waals surface area contributed by atoms with Gasteiger partial charge in [-0.25, -0.2) is 0 Å². The molecule has 0 saturated heterocycles. The Balaban J connectivity index is 1.71. The number of hydrogen-bond acceptors (Lipinski definition) is 6. The van der Waals surface area contributed by atoms with Gasteiger partial charge >= 0.3 is 0 Å². The van der Waals surface area contributed by atoms with Gasteiger partial charge in [-0.1, -0.05) is 0 Å². The first-order valence-corrected chi connectivity index (χ1v) is 9.70. The molecule has 27 heavy (non-hydrogen) atoms. The quantitative estimate of drug-likeness (QED) is 0.732. The molecule has 3 N–H and O–H groups in total. The summed E-state index contributed by atoms with van der Waals surface area (Å²) in [4.78, 5) is 15.7. The summed E-state index contributed by atoms with van der Waals surface area (Å²) in [6.45, 7) is 2.02. The number of fused-ring (bicyclic) bond motifs is 3. The molecule has 1 aromatic carbocycles. The van der Waals surface area contributed by atoms with Gasteiger partial charge in [-0.3, -0.25) is 4.79 Å². The van der Waals surface area contributed by atoms with Crippen molar-refractivity contribution >= 4 is 22.2 Å². The highest BCUT2D eigenvalue weighted by Crippen LogP contribution is 2.43. The molecule has 0 aliphatic carbocycles. The second kappa shape index (κ2) is 6.94. The van der Waals surface area contributed by atoms with Crippen molar-refractivity contribution in [3.63, 3.8) is 0 Å². The smallest absolute Gasteiger partial charge is 0.256 e. The van der Waals surface area contributed by atoms with Crippen LogP contribution < -0.4 is 29.7 Å². The van der Waals surface area contributed by atoms with Crippen LogP contribution in [0.25, 0.3) is 0 Å². The van der Waals surface area contributed by atoms with E-state index in [0.717, 1.165) is 35.6 Å². The van der Waals surface area contributed by atoms with Gasteiger partial charge in [0.05, 0.1) is 45.4 Å². The maximum absolute atomic E-state index is 12.9. The normalized spacial score (nSPS) is 20.8. The van der Waals surface area contributed by atoms with E-state index in [1.165, 1.54) is 15.3 Å². The van der Waals surface area contributed by atoms with E-state index in [2.05, 4.69) is 17.7 Å². The Bertz CT molecular complexity index is 870. The van der Waals surface area contributed by atoms with Crippen LogP contribution in [0.5, 0.6) is 17.2 Å². The molecule has 2 atom stereocenters. The van der Waals surface area contributed by atoms with Gasteiger partial charge in [-0.15, -0.1) is 11.3 Å². The molecule has 2 aliphatic heterocycles. The van der Waals surface area contributed by atoms with Crippen LogP contribution in [0.4, 0.5) is 5.00 Å². The fraction of sp³-hybridized carbons (Fsp3) is 0.421. The van der Waals surface area contributed by atoms with E-state index in [0.29, 0.717) is 17.2 Å². The van der Waals surface area contributed by atoms with Crippen molar-refractivity contribution in [3.05, 3.63) is 33.7 Å². The van der Waals surface area contributed by atoms with E-state index in [4.69, 9.17) is 14.2 Å². The van der Waals surface area contributed by atoms with Crippen LogP contribution in [0.15, 0.2) is 12.1 Å². The third-order valence-corrected chi connectivity index (χ3v) is 6.32. The lowest BCUT2D eigenvalue weighted by atomic mass is 10.0. The lowest BCUT2D eigenvalue weighted by Gasteiger charge is -2.28. The van der Waals surface area contributed by atoms with Crippen molar-refractivity contribution in [1.82, 2.24) is 5.32 Å². The summed E-state index contributed by atoms with van der Waals surface area (Å²) < 4.78 is 16.3. The highest BCUT2D eigenvalue weighted by Gasteiger charge is 2.34. The van der Waals surface area contributed by atoms with Crippen molar-refractivity contribution in [2.75, 3.05) is 40.2 Å². The standard InChI is InChI=1S/C19H23N3O4S/c1-22-6-5-11-14(9-22)27-19-15(11)18(23)20-17(21-19)10-7-12(24-2)16(26-4)13(8-10)25-3/h7-8,17,21H,5-6,9H2,1-4H3,(H,20,23)/p+1/t17-/m1/s1. The number of carbonyl (C=O) groups is 1. The van der Waals surface area contributed by atoms with E-state index in [-0.39, 0.29) is 12.1 Å². The average Bonchev–Trinajstić information content (AvgIpc) is 3.04. The monoisotopic (exact) mass is 390 g/mol. The fourth-order valence-corrected chi connectivity index (χ4v) is 5.15. The number of carbonyl (C=O) groups excluding carboxylic acids is 1. The fourth-order valence-electron chi connectivity index (χ4n) is 3.77. The lowest BCUT2D eigenvalue weighted by Crippen LogP contribution is -3.08. The van der Waals surface area contributed by atoms with Gasteiger partial charge in [-0.05, 0) is 17.7 Å². The summed E-state index contributed by atoms with van der Waals surface area (Å²) in [5.74, 6) is 1.62. The first-order chi connectivity index (χ1) is 13.0. The van der Waals surface area contributed by atoms with Gasteiger partial charge in [0, 0.05) is 12.0 Å². The molecule has 1 amide bonds. The zero-order chi connectivity index (χ0) is 19.1. The van der Waals surface area contributed by atoms with Gasteiger partial charge < -0.3 is 29.7 Å². The van der Waals surface area contributed by atoms with E-state index in [1.54, 1.807) is 32.7 Å². The molecule has 4 rings (SSSR count). The van der Waals surface area contributed by atoms with Crippen LogP contribution in [0.1, 0.15) is 32.5 Å². The minimum atomic E-state index is -0.358. The summed E-state index contributed by atoms with van der Waals surface area (Å²) in [7, 11) is 6.92. The van der Waals surface area contributed by atoms with E-state index in [9.17, 15) is 4.79 Å². The summed E-state index contributed by atoms with van der Waals surface area (Å²) in [5.41, 5.74) is 2.86. The van der Waals surface area contributed by atoms with E-state index >= 15 is 0 Å². The maximum atomic E-state index is 12.9. The number of benzene rings is 1. The van der Waals surface area contributed by atoms with Gasteiger partial charge in [-0.2, -0.15) is 0 Å². The molecule has 8 heteroatoms. The van der Waals surface area contributed by atoms with Gasteiger partial charge in [0.25, 0.3) is 5.91 Å². The van der Waals surface area contributed by atoms with Crippen LogP contribution in [0, 0.1) is 0 Å². The molecular formula is C19H24N3O4S+. The maximum Gasteiger partial charge on any atom is 0.256 e. The molecule has 0 radical (unpaired) electrons. The Morgan fingerprint density at radius 3 is 2.44 bits per heavy atom. The van der Waals surface area contributed by atoms with Crippen LogP contribution in [-0.4, -0.2) is 40.8 Å². The Hall–Kier alpha value is -2.45. The highest BCUT2D eigenvalue weighted by molar-refractivity contribution is 7.16. The van der Waals surface area contributed by atoms with E-state index < -0.39 is 0 Å². The largest absolute Gasteiger partial charge is 0.493 e. The highest BCUT2D eigenvalue weighted by atomic mass is 32.1. The predicted octanol–water partition coefficient (Wildman–Crippen LogP) is 1.20. The SMILES string of the molecule is COc1cc([C@@H]2NC(=O)c3c(sc4c3CC[NH+](C)C4)N2)cc(OC)c1OC. The van der Waals surface area contributed by atoms with Crippen molar-refractivity contribution < 1.29 is 23.9 Å². The first-order valence-electron chi connectivity index (χ1n) is 8.88. The number of rotatable bonds is 4. The third kappa shape index (κ3) is 2.98. The minimum Gasteiger partial charge on any atom is -0.493 e. The van der Waals surface area contributed by atoms with Gasteiger partial charge in [0.15, 0.2) is 11.5 Å². The zero-order valence-electron chi connectivity index (χ0n) is 15.9. The zero-order valence-corrected chi connectivity index (χ0v) is 16.7. The molecule has 144 valence electrons. The first kappa shape index (κ1) is 17.9. The second-order valence-electron chi connectivity index (χ2n) is 6.85. The number of nitrogens with one attached hydrogen (secondary N) is 3. The topological polar surface area (TPSA) is 73.3 Å². The van der Waals surface area contributed by atoms with Crippen molar-refractivity contribution in [3.8, 4) is 17.2 Å². The molecule has 0 fully saturated rings. The summed E-state index contributed by atoms with van der Waals surface area (Å²) in [6.07, 6.45) is 0.584. The molecule has 2 aliphatic rings. The van der Waals surface area contributed by atoms with E-state index in [1.807, 2.05) is 12.1 Å². The Labute approximate surface area is 162 Å². The molecular weight excluding hydrogens is 366 g/mol. The number of ether oxygens (including phenoxy) is 3. The average molecular weight is 390 g/mol. The number of hydrogen-bond donors (Lipinski definition) is 3.